The Morgan fingerprint density at radius 2 is 1.55 bits per heavy atom. The maximum absolute atomic E-state index is 12.0. The maximum atomic E-state index is 12.0. The molecule has 6 N–H and O–H groups in total. The molecule has 4 saturated carbocycles. The molecule has 8 heteroatoms. The molecular formula is C36H62O8. The van der Waals surface area contributed by atoms with Gasteiger partial charge < -0.3 is 40.1 Å². The van der Waals surface area contributed by atoms with Crippen LogP contribution in [-0.4, -0.2) is 85.8 Å². The van der Waals surface area contributed by atoms with E-state index in [0.29, 0.717) is 18.3 Å². The number of fused-ring (bicyclic) bond motifs is 5. The van der Waals surface area contributed by atoms with E-state index in [1.54, 1.807) is 0 Å². The summed E-state index contributed by atoms with van der Waals surface area (Å²) in [6, 6.07) is 0. The van der Waals surface area contributed by atoms with Gasteiger partial charge in [-0.15, -0.1) is 0 Å². The van der Waals surface area contributed by atoms with Crippen LogP contribution in [0.3, 0.4) is 0 Å². The summed E-state index contributed by atoms with van der Waals surface area (Å²) in [6.45, 7) is 17.5. The minimum absolute atomic E-state index is 0.0231. The van der Waals surface area contributed by atoms with Crippen molar-refractivity contribution in [1.29, 1.82) is 0 Å². The minimum atomic E-state index is -1.46. The third-order valence-corrected chi connectivity index (χ3v) is 14.5. The van der Waals surface area contributed by atoms with Gasteiger partial charge in [-0.1, -0.05) is 46.3 Å². The zero-order valence-electron chi connectivity index (χ0n) is 28.5. The second-order valence-corrected chi connectivity index (χ2v) is 17.3. The van der Waals surface area contributed by atoms with E-state index in [1.165, 1.54) is 5.57 Å². The summed E-state index contributed by atoms with van der Waals surface area (Å²) in [5.74, 6) is 0.792. The summed E-state index contributed by atoms with van der Waals surface area (Å²) in [5.41, 5.74) is 0.122. The standard InChI is InChI=1S/C36H62O8/c1-20(2)10-9-14-36(8,42)21-11-16-35(7)27(21)22(38)18-25-33(5)15-13-26(32(3,4)24(33)12-17-34(25,35)6)44-31-30(41)29(40)28(39)23(19-37)43-31/h10,21-31,37-42H,9,11-19H2,1-8H3/t21-,22+,23+,24-,25+,26-,27?,28+,29-,30+,31-,33-,34+,35+,36+/m0/s1. The van der Waals surface area contributed by atoms with Gasteiger partial charge in [-0.2, -0.15) is 0 Å². The second-order valence-electron chi connectivity index (χ2n) is 17.3. The molecule has 0 aromatic carbocycles. The average molecular weight is 623 g/mol. The van der Waals surface area contributed by atoms with Gasteiger partial charge in [0.1, 0.15) is 24.4 Å². The number of hydrogen-bond donors (Lipinski definition) is 6. The predicted octanol–water partition coefficient (Wildman–Crippen LogP) is 4.32. The summed E-state index contributed by atoms with van der Waals surface area (Å²) < 4.78 is 12.2. The molecular weight excluding hydrogens is 560 g/mol. The quantitative estimate of drug-likeness (QED) is 0.182. The molecule has 0 spiro atoms. The summed E-state index contributed by atoms with van der Waals surface area (Å²) in [6.07, 6.45) is 3.15. The Labute approximate surface area is 265 Å². The third kappa shape index (κ3) is 5.26. The minimum Gasteiger partial charge on any atom is -0.394 e. The molecule has 4 aliphatic carbocycles. The van der Waals surface area contributed by atoms with Crippen LogP contribution in [0.5, 0.6) is 0 Å². The smallest absolute Gasteiger partial charge is 0.186 e. The van der Waals surface area contributed by atoms with Crippen molar-refractivity contribution in [3.8, 4) is 0 Å². The van der Waals surface area contributed by atoms with Crippen LogP contribution in [0.2, 0.25) is 0 Å². The molecule has 5 fully saturated rings. The first-order valence-electron chi connectivity index (χ1n) is 17.3. The molecule has 254 valence electrons. The number of ether oxygens (including phenoxy) is 2. The van der Waals surface area contributed by atoms with Crippen LogP contribution in [0.4, 0.5) is 0 Å². The highest BCUT2D eigenvalue weighted by molar-refractivity contribution is 5.20. The normalized spacial score (nSPS) is 51.5. The SMILES string of the molecule is CC(C)=CCC[C@@](C)(O)[C@H]1CC[C@]2(C)C1[C@H](O)C[C@@H]1[C@@]3(C)CC[C@H](O[C@@H]4O[C@H](CO)[C@@H](O)[C@H](O)[C@H]4O)C(C)(C)[C@@H]3CC[C@]12C. The van der Waals surface area contributed by atoms with Crippen molar-refractivity contribution in [2.45, 2.75) is 162 Å². The van der Waals surface area contributed by atoms with Gasteiger partial charge in [-0.05, 0) is 124 Å². The van der Waals surface area contributed by atoms with Gasteiger partial charge in [0.15, 0.2) is 6.29 Å². The molecule has 0 bridgehead atoms. The summed E-state index contributed by atoms with van der Waals surface area (Å²) in [7, 11) is 0. The van der Waals surface area contributed by atoms with Crippen LogP contribution in [-0.2, 0) is 9.47 Å². The molecule has 15 atom stereocenters. The van der Waals surface area contributed by atoms with Crippen molar-refractivity contribution in [2.75, 3.05) is 6.61 Å². The number of hydrogen-bond acceptors (Lipinski definition) is 8. The number of aliphatic hydroxyl groups excluding tert-OH is 5. The molecule has 1 heterocycles. The topological polar surface area (TPSA) is 140 Å². The Hall–Kier alpha value is -0.580. The molecule has 44 heavy (non-hydrogen) atoms. The Balaban J connectivity index is 1.37. The number of allylic oxidation sites excluding steroid dienone is 2. The van der Waals surface area contributed by atoms with Gasteiger partial charge in [0.25, 0.3) is 0 Å². The largest absolute Gasteiger partial charge is 0.394 e. The average Bonchev–Trinajstić information content (AvgIpc) is 3.32. The zero-order valence-corrected chi connectivity index (χ0v) is 28.5. The first-order valence-corrected chi connectivity index (χ1v) is 17.3. The van der Waals surface area contributed by atoms with Crippen LogP contribution in [0, 0.1) is 45.3 Å². The Kier molecular flexibility index (Phi) is 9.35. The molecule has 5 rings (SSSR count). The number of aliphatic hydroxyl groups is 6. The molecule has 0 aromatic heterocycles. The van der Waals surface area contributed by atoms with Crippen LogP contribution in [0.15, 0.2) is 11.6 Å². The van der Waals surface area contributed by atoms with Gasteiger partial charge in [-0.25, -0.2) is 0 Å². The predicted molar refractivity (Wildman–Crippen MR) is 168 cm³/mol. The lowest BCUT2D eigenvalue weighted by atomic mass is 9.35. The van der Waals surface area contributed by atoms with Crippen LogP contribution in [0.25, 0.3) is 0 Å². The van der Waals surface area contributed by atoms with Gasteiger partial charge in [-0.3, -0.25) is 0 Å². The molecule has 5 aliphatic rings. The highest BCUT2D eigenvalue weighted by Gasteiger charge is 2.71. The summed E-state index contributed by atoms with van der Waals surface area (Å²) >= 11 is 0. The molecule has 8 nitrogen and oxygen atoms in total. The lowest BCUT2D eigenvalue weighted by Gasteiger charge is -2.70. The van der Waals surface area contributed by atoms with Gasteiger partial charge in [0, 0.05) is 0 Å². The fourth-order valence-corrected chi connectivity index (χ4v) is 11.9. The number of rotatable bonds is 7. The van der Waals surface area contributed by atoms with Crippen LogP contribution >= 0.6 is 0 Å². The van der Waals surface area contributed by atoms with E-state index >= 15 is 0 Å². The Morgan fingerprint density at radius 3 is 2.18 bits per heavy atom. The van der Waals surface area contributed by atoms with Crippen molar-refractivity contribution in [1.82, 2.24) is 0 Å². The highest BCUT2D eigenvalue weighted by atomic mass is 16.7. The molecule has 1 saturated heterocycles. The maximum Gasteiger partial charge on any atom is 0.186 e. The van der Waals surface area contributed by atoms with Crippen molar-refractivity contribution in [3.05, 3.63) is 11.6 Å². The van der Waals surface area contributed by atoms with E-state index in [2.05, 4.69) is 54.5 Å². The van der Waals surface area contributed by atoms with Crippen molar-refractivity contribution >= 4 is 0 Å². The van der Waals surface area contributed by atoms with E-state index < -0.39 is 49.0 Å². The van der Waals surface area contributed by atoms with Crippen LogP contribution in [0.1, 0.15) is 113 Å². The molecule has 1 aliphatic heterocycles. The van der Waals surface area contributed by atoms with Gasteiger partial charge in [0.2, 0.25) is 0 Å². The van der Waals surface area contributed by atoms with Gasteiger partial charge >= 0.3 is 0 Å². The van der Waals surface area contributed by atoms with E-state index in [0.717, 1.165) is 51.4 Å². The lowest BCUT2D eigenvalue weighted by molar-refractivity contribution is -0.332. The highest BCUT2D eigenvalue weighted by Crippen LogP contribution is 2.76. The van der Waals surface area contributed by atoms with Crippen molar-refractivity contribution in [2.24, 2.45) is 45.3 Å². The fraction of sp³-hybridized carbons (Fsp3) is 0.944. The van der Waals surface area contributed by atoms with Gasteiger partial charge in [0.05, 0.1) is 24.4 Å². The summed E-state index contributed by atoms with van der Waals surface area (Å²) in [4.78, 5) is 0. The molecule has 0 amide bonds. The van der Waals surface area contributed by atoms with E-state index in [4.69, 9.17) is 9.47 Å². The Bertz CT molecular complexity index is 1070. The first kappa shape index (κ1) is 34.7. The van der Waals surface area contributed by atoms with Crippen molar-refractivity contribution < 1.29 is 40.1 Å². The fourth-order valence-electron chi connectivity index (χ4n) is 11.9. The molecule has 0 radical (unpaired) electrons. The zero-order chi connectivity index (χ0) is 32.6. The lowest BCUT2D eigenvalue weighted by Crippen LogP contribution is -2.67. The van der Waals surface area contributed by atoms with E-state index in [1.807, 2.05) is 6.92 Å². The third-order valence-electron chi connectivity index (χ3n) is 14.5. The second kappa shape index (κ2) is 11.8. The molecule has 0 aromatic rings. The van der Waals surface area contributed by atoms with E-state index in [9.17, 15) is 30.6 Å². The molecule has 1 unspecified atom stereocenters. The summed E-state index contributed by atoms with van der Waals surface area (Å²) in [5, 5.41) is 64.8. The monoisotopic (exact) mass is 622 g/mol. The van der Waals surface area contributed by atoms with E-state index in [-0.39, 0.29) is 39.6 Å². The van der Waals surface area contributed by atoms with Crippen molar-refractivity contribution in [3.63, 3.8) is 0 Å². The Morgan fingerprint density at radius 1 is 0.886 bits per heavy atom. The van der Waals surface area contributed by atoms with Crippen LogP contribution < -0.4 is 0 Å². The first-order chi connectivity index (χ1) is 20.3.